The fourth-order valence-electron chi connectivity index (χ4n) is 0.463. The van der Waals surface area contributed by atoms with Gasteiger partial charge in [-0.25, -0.2) is 9.97 Å². The van der Waals surface area contributed by atoms with Crippen LogP contribution in [-0.4, -0.2) is 26.8 Å². The molecule has 5 heteroatoms. The predicted octanol–water partition coefficient (Wildman–Crippen LogP) is 0.453. The van der Waals surface area contributed by atoms with E-state index in [2.05, 4.69) is 16.2 Å². The van der Waals surface area contributed by atoms with Crippen LogP contribution in [0.15, 0.2) is 17.4 Å². The topological polar surface area (TPSA) is 63.1 Å². The van der Waals surface area contributed by atoms with Gasteiger partial charge in [0.2, 0.25) is 0 Å². The second-order valence-electron chi connectivity index (χ2n) is 1.67. The Labute approximate surface area is 67.7 Å². The summed E-state index contributed by atoms with van der Waals surface area (Å²) in [5.74, 6) is -0.834. The van der Waals surface area contributed by atoms with E-state index in [1.54, 1.807) is 6.07 Å². The smallest absolute Gasteiger partial charge is 0.313 e. The van der Waals surface area contributed by atoms with Gasteiger partial charge in [-0.05, 0) is 6.07 Å². The highest BCUT2D eigenvalue weighted by molar-refractivity contribution is 7.99. The zero-order valence-electron chi connectivity index (χ0n) is 5.52. The number of thioether (sulfide) groups is 1. The molecule has 0 amide bonds. The fraction of sp³-hybridized carbons (Fsp3) is 0.167. The number of carbonyl (C=O) groups is 1. The van der Waals surface area contributed by atoms with Crippen LogP contribution >= 0.6 is 11.8 Å². The Hall–Kier alpha value is -1.10. The SMILES string of the molecule is O=C(O)CSc1c[c]ncn1. The summed E-state index contributed by atoms with van der Waals surface area (Å²) in [4.78, 5) is 17.5. The number of hydrogen-bond donors (Lipinski definition) is 1. The van der Waals surface area contributed by atoms with Crippen molar-refractivity contribution in [3.8, 4) is 0 Å². The molecule has 1 N–H and O–H groups in total. The lowest BCUT2D eigenvalue weighted by Crippen LogP contribution is -1.97. The van der Waals surface area contributed by atoms with Gasteiger partial charge in [-0.2, -0.15) is 0 Å². The maximum atomic E-state index is 10.1. The normalized spacial score (nSPS) is 9.45. The molecule has 57 valence electrons. The van der Waals surface area contributed by atoms with Crippen molar-refractivity contribution in [1.29, 1.82) is 0 Å². The van der Waals surface area contributed by atoms with E-state index >= 15 is 0 Å². The van der Waals surface area contributed by atoms with Crippen LogP contribution in [-0.2, 0) is 4.79 Å². The quantitative estimate of drug-likeness (QED) is 0.526. The van der Waals surface area contributed by atoms with Crippen LogP contribution in [0.3, 0.4) is 0 Å². The first-order valence-corrected chi connectivity index (χ1v) is 3.80. The summed E-state index contributed by atoms with van der Waals surface area (Å²) in [5, 5.41) is 8.93. The standard InChI is InChI=1S/C6H5N2O2S/c9-6(10)3-11-5-1-2-7-4-8-5/h1,4H,3H2,(H,9,10). The largest absolute Gasteiger partial charge is 0.481 e. The molecule has 0 bridgehead atoms. The summed E-state index contributed by atoms with van der Waals surface area (Å²) < 4.78 is 0. The van der Waals surface area contributed by atoms with Gasteiger partial charge >= 0.3 is 5.97 Å². The summed E-state index contributed by atoms with van der Waals surface area (Å²) in [7, 11) is 0. The van der Waals surface area contributed by atoms with Crippen LogP contribution in [0.1, 0.15) is 0 Å². The molecule has 0 aliphatic rings. The van der Waals surface area contributed by atoms with E-state index in [9.17, 15) is 4.79 Å². The Bertz CT molecular complexity index is 240. The van der Waals surface area contributed by atoms with Gasteiger partial charge in [0.1, 0.15) is 11.4 Å². The summed E-state index contributed by atoms with van der Waals surface area (Å²) in [6.07, 6.45) is 3.90. The molecule has 1 rings (SSSR count). The number of aromatic nitrogens is 2. The molecule has 0 unspecified atom stereocenters. The van der Waals surface area contributed by atoms with Crippen LogP contribution in [0.2, 0.25) is 0 Å². The van der Waals surface area contributed by atoms with Gasteiger partial charge in [0, 0.05) is 0 Å². The third-order valence-corrected chi connectivity index (χ3v) is 1.76. The molecule has 11 heavy (non-hydrogen) atoms. The fourth-order valence-corrected chi connectivity index (χ4v) is 0.993. The van der Waals surface area contributed by atoms with Crippen LogP contribution in [0.25, 0.3) is 0 Å². The van der Waals surface area contributed by atoms with E-state index in [4.69, 9.17) is 5.11 Å². The van der Waals surface area contributed by atoms with Crippen molar-refractivity contribution >= 4 is 17.7 Å². The Kier molecular flexibility index (Phi) is 2.85. The highest BCUT2D eigenvalue weighted by Gasteiger charge is 1.98. The summed E-state index contributed by atoms with van der Waals surface area (Å²) in [6, 6.07) is 1.55. The van der Waals surface area contributed by atoms with Gasteiger partial charge in [-0.3, -0.25) is 4.79 Å². The molecule has 0 aliphatic heterocycles. The summed E-state index contributed by atoms with van der Waals surface area (Å²) in [5.41, 5.74) is 0. The second kappa shape index (κ2) is 3.92. The third kappa shape index (κ3) is 2.99. The number of nitrogens with zero attached hydrogens (tertiary/aromatic N) is 2. The molecule has 0 spiro atoms. The number of aliphatic carboxylic acids is 1. The first-order valence-electron chi connectivity index (χ1n) is 2.82. The summed E-state index contributed by atoms with van der Waals surface area (Å²) in [6.45, 7) is 0. The van der Waals surface area contributed by atoms with Gasteiger partial charge in [0.15, 0.2) is 0 Å². The van der Waals surface area contributed by atoms with Crippen molar-refractivity contribution in [2.24, 2.45) is 0 Å². The first kappa shape index (κ1) is 8.00. The van der Waals surface area contributed by atoms with E-state index in [-0.39, 0.29) is 5.75 Å². The average Bonchev–Trinajstić information content (AvgIpc) is 2.03. The minimum absolute atomic E-state index is 0.0187. The lowest BCUT2D eigenvalue weighted by Gasteiger charge is -1.93. The molecule has 1 aromatic rings. The Morgan fingerprint density at radius 2 is 2.64 bits per heavy atom. The van der Waals surface area contributed by atoms with Crippen LogP contribution < -0.4 is 0 Å². The number of carboxylic acid groups (broad SMARTS) is 1. The number of rotatable bonds is 3. The molecule has 0 fully saturated rings. The molecular formula is C6H5N2O2S. The molecular weight excluding hydrogens is 164 g/mol. The highest BCUT2D eigenvalue weighted by Crippen LogP contribution is 2.11. The molecule has 0 aliphatic carbocycles. The van der Waals surface area contributed by atoms with Crippen LogP contribution in [0.4, 0.5) is 0 Å². The minimum atomic E-state index is -0.853. The van der Waals surface area contributed by atoms with E-state index < -0.39 is 5.97 Å². The zero-order chi connectivity index (χ0) is 8.10. The van der Waals surface area contributed by atoms with Gasteiger partial charge in [-0.15, -0.1) is 0 Å². The average molecular weight is 169 g/mol. The molecule has 1 heterocycles. The minimum Gasteiger partial charge on any atom is -0.481 e. The van der Waals surface area contributed by atoms with Crippen molar-refractivity contribution in [1.82, 2.24) is 9.97 Å². The van der Waals surface area contributed by atoms with Crippen molar-refractivity contribution in [2.75, 3.05) is 5.75 Å². The predicted molar refractivity (Wildman–Crippen MR) is 39.2 cm³/mol. The van der Waals surface area contributed by atoms with Crippen molar-refractivity contribution < 1.29 is 9.90 Å². The van der Waals surface area contributed by atoms with Gasteiger partial charge in [-0.1, -0.05) is 11.8 Å². The van der Waals surface area contributed by atoms with Crippen LogP contribution in [0, 0.1) is 6.20 Å². The zero-order valence-corrected chi connectivity index (χ0v) is 6.34. The molecule has 0 saturated heterocycles. The number of hydrogen-bond acceptors (Lipinski definition) is 4. The highest BCUT2D eigenvalue weighted by atomic mass is 32.2. The van der Waals surface area contributed by atoms with Crippen molar-refractivity contribution in [3.05, 3.63) is 18.6 Å². The Balaban J connectivity index is 2.45. The van der Waals surface area contributed by atoms with E-state index in [0.717, 1.165) is 11.8 Å². The van der Waals surface area contributed by atoms with Crippen LogP contribution in [0.5, 0.6) is 0 Å². The maximum Gasteiger partial charge on any atom is 0.313 e. The van der Waals surface area contributed by atoms with E-state index in [1.807, 2.05) is 0 Å². The van der Waals surface area contributed by atoms with Crippen molar-refractivity contribution in [2.45, 2.75) is 5.03 Å². The van der Waals surface area contributed by atoms with Gasteiger partial charge in [0.25, 0.3) is 0 Å². The first-order chi connectivity index (χ1) is 5.29. The van der Waals surface area contributed by atoms with Gasteiger partial charge < -0.3 is 5.11 Å². The Morgan fingerprint density at radius 3 is 3.18 bits per heavy atom. The van der Waals surface area contributed by atoms with Gasteiger partial charge in [0.05, 0.1) is 11.9 Å². The lowest BCUT2D eigenvalue weighted by atomic mass is 10.7. The molecule has 0 saturated carbocycles. The Morgan fingerprint density at radius 1 is 1.82 bits per heavy atom. The molecule has 0 atom stereocenters. The van der Waals surface area contributed by atoms with Crippen molar-refractivity contribution in [3.63, 3.8) is 0 Å². The van der Waals surface area contributed by atoms with E-state index in [0.29, 0.717) is 5.03 Å². The molecule has 1 radical (unpaired) electrons. The third-order valence-electron chi connectivity index (χ3n) is 0.849. The van der Waals surface area contributed by atoms with E-state index in [1.165, 1.54) is 6.33 Å². The lowest BCUT2D eigenvalue weighted by molar-refractivity contribution is -0.133. The second-order valence-corrected chi connectivity index (χ2v) is 2.66. The molecule has 1 aromatic heterocycles. The molecule has 4 nitrogen and oxygen atoms in total. The summed E-state index contributed by atoms with van der Waals surface area (Å²) >= 11 is 1.15. The maximum absolute atomic E-state index is 10.1. The monoisotopic (exact) mass is 169 g/mol. The number of carboxylic acids is 1. The molecule has 0 aromatic carbocycles.